The van der Waals surface area contributed by atoms with Gasteiger partial charge < -0.3 is 5.73 Å². The average Bonchev–Trinajstić information content (AvgIpc) is 2.75. The minimum absolute atomic E-state index is 0.0302. The Morgan fingerprint density at radius 2 is 2.17 bits per heavy atom. The molecule has 3 unspecified atom stereocenters. The highest BCUT2D eigenvalue weighted by molar-refractivity contribution is 7.12. The van der Waals surface area contributed by atoms with Crippen LogP contribution in [0, 0.1) is 24.2 Å². The molecule has 100 valence electrons. The lowest BCUT2D eigenvalue weighted by molar-refractivity contribution is 0.200. The summed E-state index contributed by atoms with van der Waals surface area (Å²) in [6, 6.07) is 6.90. The highest BCUT2D eigenvalue weighted by atomic mass is 32.1. The standard InChI is InChI=1S/C14H23N3S/c1-5-12(16)14(13-7-6-11(3)18-13)17(4)9-10(2)8-15/h6-7,10,12,14H,5,9,16H2,1-4H3. The van der Waals surface area contributed by atoms with E-state index >= 15 is 0 Å². The Balaban J connectivity index is 2.88. The summed E-state index contributed by atoms with van der Waals surface area (Å²) in [7, 11) is 2.06. The summed E-state index contributed by atoms with van der Waals surface area (Å²) in [6.45, 7) is 6.93. The van der Waals surface area contributed by atoms with Crippen LogP contribution in [0.3, 0.4) is 0 Å². The Labute approximate surface area is 114 Å². The number of rotatable bonds is 6. The number of nitrogens with zero attached hydrogens (tertiary/aromatic N) is 2. The van der Waals surface area contributed by atoms with Crippen molar-refractivity contribution < 1.29 is 0 Å². The number of aryl methyl sites for hydroxylation is 1. The zero-order valence-electron chi connectivity index (χ0n) is 11.7. The van der Waals surface area contributed by atoms with Crippen molar-refractivity contribution in [2.45, 2.75) is 39.3 Å². The summed E-state index contributed by atoms with van der Waals surface area (Å²) < 4.78 is 0. The molecule has 0 bridgehead atoms. The Morgan fingerprint density at radius 3 is 2.61 bits per heavy atom. The lowest BCUT2D eigenvalue weighted by Crippen LogP contribution is -2.40. The summed E-state index contributed by atoms with van der Waals surface area (Å²) in [5.74, 6) is 0.0302. The third-order valence-corrected chi connectivity index (χ3v) is 4.26. The van der Waals surface area contributed by atoms with Crippen molar-refractivity contribution in [1.29, 1.82) is 5.26 Å². The van der Waals surface area contributed by atoms with Crippen molar-refractivity contribution in [3.05, 3.63) is 21.9 Å². The van der Waals surface area contributed by atoms with Crippen LogP contribution in [0.2, 0.25) is 0 Å². The van der Waals surface area contributed by atoms with Gasteiger partial charge in [0.25, 0.3) is 0 Å². The largest absolute Gasteiger partial charge is 0.326 e. The predicted molar refractivity (Wildman–Crippen MR) is 77.5 cm³/mol. The van der Waals surface area contributed by atoms with E-state index in [0.29, 0.717) is 0 Å². The van der Waals surface area contributed by atoms with Crippen molar-refractivity contribution in [2.75, 3.05) is 13.6 Å². The molecule has 3 atom stereocenters. The van der Waals surface area contributed by atoms with Crippen LogP contribution in [-0.2, 0) is 0 Å². The van der Waals surface area contributed by atoms with E-state index in [2.05, 4.69) is 44.0 Å². The first-order valence-electron chi connectivity index (χ1n) is 6.41. The van der Waals surface area contributed by atoms with Gasteiger partial charge in [-0.3, -0.25) is 4.90 Å². The molecule has 0 saturated heterocycles. The number of nitriles is 1. The van der Waals surface area contributed by atoms with E-state index in [1.54, 1.807) is 11.3 Å². The number of likely N-dealkylation sites (N-methyl/N-ethyl adjacent to an activating group) is 1. The van der Waals surface area contributed by atoms with Gasteiger partial charge >= 0.3 is 0 Å². The zero-order chi connectivity index (χ0) is 13.7. The van der Waals surface area contributed by atoms with Gasteiger partial charge in [0.05, 0.1) is 18.0 Å². The van der Waals surface area contributed by atoms with Gasteiger partial charge in [-0.25, -0.2) is 0 Å². The van der Waals surface area contributed by atoms with Gasteiger partial charge in [0.15, 0.2) is 0 Å². The SMILES string of the molecule is CCC(N)C(c1ccc(C)s1)N(C)CC(C)C#N. The Kier molecular flexibility index (Phi) is 5.80. The van der Waals surface area contributed by atoms with Crippen molar-refractivity contribution >= 4 is 11.3 Å². The molecule has 1 aromatic heterocycles. The second-order valence-corrected chi connectivity index (χ2v) is 6.25. The van der Waals surface area contributed by atoms with Crippen molar-refractivity contribution in [3.63, 3.8) is 0 Å². The molecule has 1 rings (SSSR count). The topological polar surface area (TPSA) is 53.0 Å². The monoisotopic (exact) mass is 265 g/mol. The van der Waals surface area contributed by atoms with Crippen LogP contribution < -0.4 is 5.73 Å². The second kappa shape index (κ2) is 6.89. The molecule has 0 fully saturated rings. The molecule has 0 aliphatic heterocycles. The minimum Gasteiger partial charge on any atom is -0.326 e. The first kappa shape index (κ1) is 15.2. The minimum atomic E-state index is 0.0302. The smallest absolute Gasteiger partial charge is 0.0666 e. The maximum atomic E-state index is 8.93. The Hall–Kier alpha value is -0.890. The van der Waals surface area contributed by atoms with Crippen LogP contribution >= 0.6 is 11.3 Å². The van der Waals surface area contributed by atoms with Crippen LogP contribution in [0.15, 0.2) is 12.1 Å². The second-order valence-electron chi connectivity index (χ2n) is 4.94. The van der Waals surface area contributed by atoms with Crippen LogP contribution in [0.5, 0.6) is 0 Å². The Bertz CT molecular complexity index is 407. The molecule has 1 aromatic rings. The molecule has 0 saturated carbocycles. The molecule has 0 aliphatic rings. The molecule has 4 heteroatoms. The summed E-state index contributed by atoms with van der Waals surface area (Å²) in [5, 5.41) is 8.93. The number of thiophene rings is 1. The zero-order valence-corrected chi connectivity index (χ0v) is 12.5. The fraction of sp³-hybridized carbons (Fsp3) is 0.643. The molecular formula is C14H23N3S. The maximum Gasteiger partial charge on any atom is 0.0666 e. The van der Waals surface area contributed by atoms with Gasteiger partial charge in [-0.15, -0.1) is 11.3 Å². The molecule has 3 nitrogen and oxygen atoms in total. The van der Waals surface area contributed by atoms with E-state index in [-0.39, 0.29) is 18.0 Å². The van der Waals surface area contributed by atoms with Gasteiger partial charge in [-0.2, -0.15) is 5.26 Å². The van der Waals surface area contributed by atoms with E-state index in [1.807, 2.05) is 6.92 Å². The predicted octanol–water partition coefficient (Wildman–Crippen LogP) is 2.93. The fourth-order valence-electron chi connectivity index (χ4n) is 2.18. The Morgan fingerprint density at radius 1 is 1.50 bits per heavy atom. The molecular weight excluding hydrogens is 242 g/mol. The van der Waals surface area contributed by atoms with Crippen molar-refractivity contribution in [2.24, 2.45) is 11.7 Å². The van der Waals surface area contributed by atoms with Gasteiger partial charge in [0.1, 0.15) is 0 Å². The van der Waals surface area contributed by atoms with Gasteiger partial charge in [0, 0.05) is 22.3 Å². The summed E-state index contributed by atoms with van der Waals surface area (Å²) in [6.07, 6.45) is 0.937. The van der Waals surface area contributed by atoms with E-state index in [1.165, 1.54) is 9.75 Å². The van der Waals surface area contributed by atoms with Gasteiger partial charge in [-0.05, 0) is 39.4 Å². The molecule has 0 amide bonds. The first-order valence-corrected chi connectivity index (χ1v) is 7.23. The lowest BCUT2D eigenvalue weighted by Gasteiger charge is -2.32. The molecule has 2 N–H and O–H groups in total. The highest BCUT2D eigenvalue weighted by Crippen LogP contribution is 2.30. The third-order valence-electron chi connectivity index (χ3n) is 3.19. The van der Waals surface area contributed by atoms with E-state index in [9.17, 15) is 0 Å². The number of nitrogens with two attached hydrogens (primary N) is 1. The summed E-state index contributed by atoms with van der Waals surface area (Å²) >= 11 is 1.80. The van der Waals surface area contributed by atoms with Crippen molar-refractivity contribution in [3.8, 4) is 6.07 Å². The molecule has 0 aromatic carbocycles. The van der Waals surface area contributed by atoms with Gasteiger partial charge in [0.2, 0.25) is 0 Å². The van der Waals surface area contributed by atoms with E-state index in [0.717, 1.165) is 13.0 Å². The average molecular weight is 265 g/mol. The number of hydrogen-bond donors (Lipinski definition) is 1. The van der Waals surface area contributed by atoms with Crippen LogP contribution in [0.1, 0.15) is 36.1 Å². The van der Waals surface area contributed by atoms with Gasteiger partial charge in [-0.1, -0.05) is 6.92 Å². The van der Waals surface area contributed by atoms with E-state index < -0.39 is 0 Å². The molecule has 0 spiro atoms. The molecule has 0 aliphatic carbocycles. The lowest BCUT2D eigenvalue weighted by atomic mass is 10.0. The quantitative estimate of drug-likeness (QED) is 0.860. The van der Waals surface area contributed by atoms with Crippen LogP contribution in [0.4, 0.5) is 0 Å². The van der Waals surface area contributed by atoms with Crippen LogP contribution in [0.25, 0.3) is 0 Å². The normalized spacial score (nSPS) is 16.3. The number of hydrogen-bond acceptors (Lipinski definition) is 4. The first-order chi connectivity index (χ1) is 8.49. The maximum absolute atomic E-state index is 8.93. The van der Waals surface area contributed by atoms with E-state index in [4.69, 9.17) is 11.0 Å². The summed E-state index contributed by atoms with van der Waals surface area (Å²) in [5.41, 5.74) is 6.26. The molecule has 0 radical (unpaired) electrons. The fourth-order valence-corrected chi connectivity index (χ4v) is 3.30. The third kappa shape index (κ3) is 3.81. The molecule has 18 heavy (non-hydrogen) atoms. The molecule has 1 heterocycles. The summed E-state index contributed by atoms with van der Waals surface area (Å²) in [4.78, 5) is 4.82. The van der Waals surface area contributed by atoms with Crippen molar-refractivity contribution in [1.82, 2.24) is 4.90 Å². The highest BCUT2D eigenvalue weighted by Gasteiger charge is 2.25. The van der Waals surface area contributed by atoms with Crippen LogP contribution in [-0.4, -0.2) is 24.5 Å².